The third kappa shape index (κ3) is 49.2. The Labute approximate surface area is 383 Å². The fraction of sp³-hybridized carbons (Fsp3) is 0.649. The minimum atomic E-state index is -0.578. The highest BCUT2D eigenvalue weighted by Gasteiger charge is 2.17. The van der Waals surface area contributed by atoms with E-state index >= 15 is 0 Å². The lowest BCUT2D eigenvalue weighted by Crippen LogP contribution is -2.30. The molecule has 352 valence electrons. The first-order chi connectivity index (χ1) is 30.6. The van der Waals surface area contributed by atoms with Crippen molar-refractivity contribution in [1.82, 2.24) is 0 Å². The van der Waals surface area contributed by atoms with E-state index in [1.165, 1.54) is 77.0 Å². The number of esters is 2. The van der Waals surface area contributed by atoms with Crippen LogP contribution in [0.2, 0.25) is 0 Å². The average molecular weight is 859 g/mol. The molecule has 62 heavy (non-hydrogen) atoms. The van der Waals surface area contributed by atoms with Gasteiger partial charge in [0.25, 0.3) is 0 Å². The smallest absolute Gasteiger partial charge is 0.306 e. The van der Waals surface area contributed by atoms with E-state index in [0.717, 1.165) is 103 Å². The number of ether oxygens (including phenoxy) is 3. The summed E-state index contributed by atoms with van der Waals surface area (Å²) in [7, 11) is 0. The van der Waals surface area contributed by atoms with Gasteiger partial charge in [-0.1, -0.05) is 194 Å². The summed E-state index contributed by atoms with van der Waals surface area (Å²) in [5, 5.41) is 0. The molecule has 1 atom stereocenters. The van der Waals surface area contributed by atoms with Gasteiger partial charge in [-0.3, -0.25) is 9.59 Å². The molecule has 0 saturated heterocycles. The van der Waals surface area contributed by atoms with Gasteiger partial charge in [0.2, 0.25) is 0 Å². The third-order valence-corrected chi connectivity index (χ3v) is 10.2. The number of carbonyl (C=O) groups is 2. The second-order valence-corrected chi connectivity index (χ2v) is 16.3. The third-order valence-electron chi connectivity index (χ3n) is 10.2. The Morgan fingerprint density at radius 1 is 0.371 bits per heavy atom. The van der Waals surface area contributed by atoms with E-state index in [4.69, 9.17) is 14.2 Å². The summed E-state index contributed by atoms with van der Waals surface area (Å²) in [6, 6.07) is 0. The molecule has 1 unspecified atom stereocenters. The molecule has 0 amide bonds. The van der Waals surface area contributed by atoms with Crippen molar-refractivity contribution in [2.75, 3.05) is 19.8 Å². The van der Waals surface area contributed by atoms with Gasteiger partial charge in [0.05, 0.1) is 6.61 Å². The van der Waals surface area contributed by atoms with Gasteiger partial charge >= 0.3 is 11.9 Å². The van der Waals surface area contributed by atoms with Gasteiger partial charge < -0.3 is 14.2 Å². The molecule has 0 aliphatic heterocycles. The van der Waals surface area contributed by atoms with Crippen molar-refractivity contribution in [2.24, 2.45) is 0 Å². The minimum absolute atomic E-state index is 0.0396. The lowest BCUT2D eigenvalue weighted by Gasteiger charge is -2.18. The maximum Gasteiger partial charge on any atom is 0.306 e. The van der Waals surface area contributed by atoms with Crippen LogP contribution in [0.4, 0.5) is 0 Å². The molecule has 0 heterocycles. The molecule has 0 bridgehead atoms. The van der Waals surface area contributed by atoms with Crippen LogP contribution in [-0.4, -0.2) is 37.9 Å². The quantitative estimate of drug-likeness (QED) is 0.0347. The van der Waals surface area contributed by atoms with Crippen molar-refractivity contribution in [3.05, 3.63) is 109 Å². The number of rotatable bonds is 45. The Morgan fingerprint density at radius 3 is 1.27 bits per heavy atom. The first-order valence-corrected chi connectivity index (χ1v) is 25.4. The second-order valence-electron chi connectivity index (χ2n) is 16.3. The van der Waals surface area contributed by atoms with E-state index in [0.29, 0.717) is 19.4 Å². The van der Waals surface area contributed by atoms with Gasteiger partial charge in [-0.25, -0.2) is 0 Å². The van der Waals surface area contributed by atoms with E-state index in [1.807, 2.05) is 0 Å². The Balaban J connectivity index is 4.43. The van der Waals surface area contributed by atoms with Crippen LogP contribution in [0.1, 0.15) is 213 Å². The van der Waals surface area contributed by atoms with Crippen LogP contribution in [0.5, 0.6) is 0 Å². The van der Waals surface area contributed by atoms with E-state index in [9.17, 15) is 9.59 Å². The number of carbonyl (C=O) groups excluding carboxylic acids is 2. The van der Waals surface area contributed by atoms with Gasteiger partial charge in [-0.15, -0.1) is 0 Å². The predicted molar refractivity (Wildman–Crippen MR) is 269 cm³/mol. The number of hydrogen-bond donors (Lipinski definition) is 0. The molecule has 0 N–H and O–H groups in total. The molecule has 0 spiro atoms. The van der Waals surface area contributed by atoms with E-state index in [-0.39, 0.29) is 25.2 Å². The molecule has 0 aromatic carbocycles. The lowest BCUT2D eigenvalue weighted by molar-refractivity contribution is -0.163. The predicted octanol–water partition coefficient (Wildman–Crippen LogP) is 17.2. The monoisotopic (exact) mass is 859 g/mol. The molecule has 0 aromatic heterocycles. The summed E-state index contributed by atoms with van der Waals surface area (Å²) >= 11 is 0. The van der Waals surface area contributed by atoms with Gasteiger partial charge in [-0.05, 0) is 116 Å². The van der Waals surface area contributed by atoms with E-state index in [2.05, 4.69) is 130 Å². The Kier molecular flexibility index (Phi) is 49.0. The summed E-state index contributed by atoms with van der Waals surface area (Å²) in [4.78, 5) is 25.4. The van der Waals surface area contributed by atoms with Crippen LogP contribution in [0.15, 0.2) is 109 Å². The Hall–Kier alpha value is -3.44. The Bertz CT molecular complexity index is 1250. The normalized spacial score (nSPS) is 13.1. The van der Waals surface area contributed by atoms with Crippen molar-refractivity contribution in [1.29, 1.82) is 0 Å². The Morgan fingerprint density at radius 2 is 0.774 bits per heavy atom. The molecular weight excluding hydrogens is 765 g/mol. The van der Waals surface area contributed by atoms with Crippen molar-refractivity contribution in [3.63, 3.8) is 0 Å². The molecule has 0 rings (SSSR count). The number of unbranched alkanes of at least 4 members (excludes halogenated alkanes) is 16. The minimum Gasteiger partial charge on any atom is -0.462 e. The lowest BCUT2D eigenvalue weighted by atomic mass is 10.1. The second kappa shape index (κ2) is 51.9. The van der Waals surface area contributed by atoms with Crippen LogP contribution < -0.4 is 0 Å². The molecule has 0 fully saturated rings. The summed E-state index contributed by atoms with van der Waals surface area (Å²) < 4.78 is 17.3. The highest BCUT2D eigenvalue weighted by atomic mass is 16.6. The van der Waals surface area contributed by atoms with Crippen molar-refractivity contribution in [3.8, 4) is 0 Å². The topological polar surface area (TPSA) is 61.8 Å². The fourth-order valence-corrected chi connectivity index (χ4v) is 6.49. The molecule has 5 heteroatoms. The van der Waals surface area contributed by atoms with Crippen LogP contribution in [0.3, 0.4) is 0 Å². The summed E-state index contributed by atoms with van der Waals surface area (Å²) in [6.45, 7) is 7.52. The summed E-state index contributed by atoms with van der Waals surface area (Å²) in [6.07, 6.45) is 71.0. The standard InChI is InChI=1S/C57H94O5/c1-4-7-10-13-16-19-22-25-28-29-31-32-35-38-41-44-47-50-56(58)61-54-55(53-60-52-49-46-43-40-37-34-27-24-21-18-15-12-9-6-3)62-57(59)51-48-45-42-39-36-33-30-26-23-20-17-14-11-8-5-2/h7,10,12,15-17,19-21,24-26,28,30-32,38,41,55H,4-6,8-9,11,13-14,18,22-23,27,29,33-37,39-40,42-54H2,1-3H3/b10-7-,15-12-,19-16-,20-17-,24-21-,28-25-,30-26-,32-31-,41-38-. The largest absolute Gasteiger partial charge is 0.462 e. The van der Waals surface area contributed by atoms with Crippen LogP contribution in [0, 0.1) is 0 Å². The van der Waals surface area contributed by atoms with Crippen molar-refractivity contribution < 1.29 is 23.8 Å². The molecule has 5 nitrogen and oxygen atoms in total. The van der Waals surface area contributed by atoms with Gasteiger partial charge in [0.15, 0.2) is 6.10 Å². The maximum absolute atomic E-state index is 12.8. The first-order valence-electron chi connectivity index (χ1n) is 25.4. The average Bonchev–Trinajstić information content (AvgIpc) is 3.27. The first kappa shape index (κ1) is 58.6. The highest BCUT2D eigenvalue weighted by Crippen LogP contribution is 2.12. The van der Waals surface area contributed by atoms with E-state index < -0.39 is 6.10 Å². The van der Waals surface area contributed by atoms with Crippen LogP contribution in [-0.2, 0) is 23.8 Å². The van der Waals surface area contributed by atoms with Crippen molar-refractivity contribution >= 4 is 11.9 Å². The summed E-state index contributed by atoms with van der Waals surface area (Å²) in [5.74, 6) is -0.493. The van der Waals surface area contributed by atoms with Crippen molar-refractivity contribution in [2.45, 2.75) is 219 Å². The van der Waals surface area contributed by atoms with Crippen LogP contribution in [0.25, 0.3) is 0 Å². The van der Waals surface area contributed by atoms with Crippen LogP contribution >= 0.6 is 0 Å². The number of allylic oxidation sites excluding steroid dienone is 18. The van der Waals surface area contributed by atoms with Gasteiger partial charge in [0, 0.05) is 19.4 Å². The number of hydrogen-bond acceptors (Lipinski definition) is 5. The molecular formula is C57H94O5. The molecule has 0 radical (unpaired) electrons. The summed E-state index contributed by atoms with van der Waals surface area (Å²) in [5.41, 5.74) is 0. The molecule has 0 aliphatic carbocycles. The molecule has 0 saturated carbocycles. The molecule has 0 aliphatic rings. The van der Waals surface area contributed by atoms with Gasteiger partial charge in [0.1, 0.15) is 6.61 Å². The zero-order chi connectivity index (χ0) is 44.9. The highest BCUT2D eigenvalue weighted by molar-refractivity contribution is 5.70. The van der Waals surface area contributed by atoms with Gasteiger partial charge in [-0.2, -0.15) is 0 Å². The molecule has 0 aromatic rings. The maximum atomic E-state index is 12.8. The zero-order valence-corrected chi connectivity index (χ0v) is 40.3. The van der Waals surface area contributed by atoms with E-state index in [1.54, 1.807) is 0 Å². The fourth-order valence-electron chi connectivity index (χ4n) is 6.49. The SMILES string of the molecule is CC/C=C\C/C=C\C/C=C\C/C=C\C/C=C\CCCC(=O)OCC(COCCCCCCCC/C=C\C/C=C\CCC)OC(=O)CCCCCCC/C=C\C/C=C\CCCCC. The zero-order valence-electron chi connectivity index (χ0n) is 40.3.